The highest BCUT2D eigenvalue weighted by Gasteiger charge is 2.41. The number of thiocyanates is 1. The number of carbonyl (C=O) groups excluding carboxylic acids is 3. The number of urea groups is 1. The van der Waals surface area contributed by atoms with Crippen molar-refractivity contribution in [2.75, 3.05) is 10.6 Å². The fraction of sp³-hybridized carbons (Fsp3) is 0.200. The van der Waals surface area contributed by atoms with Gasteiger partial charge in [-0.3, -0.25) is 14.5 Å². The number of benzene rings is 2. The van der Waals surface area contributed by atoms with Crippen LogP contribution in [0.1, 0.15) is 41.5 Å². The van der Waals surface area contributed by atoms with E-state index >= 15 is 0 Å². The molecular formula is C20H18N4O3S. The largest absolute Gasteiger partial charge is 0.323 e. The van der Waals surface area contributed by atoms with Crippen LogP contribution in [0, 0.1) is 10.7 Å². The first-order valence-electron chi connectivity index (χ1n) is 8.47. The van der Waals surface area contributed by atoms with Crippen LogP contribution in [-0.2, 0) is 0 Å². The highest BCUT2D eigenvalue weighted by Crippen LogP contribution is 2.31. The summed E-state index contributed by atoms with van der Waals surface area (Å²) in [5.41, 5.74) is 0.941. The molecule has 3 rings (SSSR count). The van der Waals surface area contributed by atoms with Crippen LogP contribution in [0.2, 0.25) is 0 Å². The number of carbonyl (C=O) groups is 3. The molecule has 7 nitrogen and oxygen atoms in total. The van der Waals surface area contributed by atoms with Crippen molar-refractivity contribution in [3.8, 4) is 5.40 Å². The molecule has 2 aromatic rings. The summed E-state index contributed by atoms with van der Waals surface area (Å²) in [4.78, 5) is 39.3. The molecule has 2 aromatic carbocycles. The molecule has 1 aliphatic rings. The fourth-order valence-electron chi connectivity index (χ4n) is 2.88. The smallest absolute Gasteiger partial charge is 0.308 e. The molecule has 28 heavy (non-hydrogen) atoms. The van der Waals surface area contributed by atoms with Gasteiger partial charge in [-0.05, 0) is 75.0 Å². The third kappa shape index (κ3) is 3.85. The van der Waals surface area contributed by atoms with E-state index in [0.717, 1.165) is 16.7 Å². The summed E-state index contributed by atoms with van der Waals surface area (Å²) in [5.74, 6) is -0.707. The van der Waals surface area contributed by atoms with Crippen LogP contribution in [0.15, 0.2) is 47.4 Å². The van der Waals surface area contributed by atoms with Gasteiger partial charge in [0.1, 0.15) is 5.40 Å². The van der Waals surface area contributed by atoms with Crippen molar-refractivity contribution in [3.05, 3.63) is 53.6 Å². The number of fused-ring (bicyclic) bond motifs is 1. The minimum atomic E-state index is -0.631. The van der Waals surface area contributed by atoms with Crippen molar-refractivity contribution in [2.45, 2.75) is 31.2 Å². The summed E-state index contributed by atoms with van der Waals surface area (Å²) >= 11 is 1.03. The molecule has 1 heterocycles. The van der Waals surface area contributed by atoms with Crippen molar-refractivity contribution in [2.24, 2.45) is 0 Å². The van der Waals surface area contributed by atoms with E-state index in [1.54, 1.807) is 57.2 Å². The minimum absolute atomic E-state index is 0.274. The van der Waals surface area contributed by atoms with Crippen LogP contribution in [0.5, 0.6) is 0 Å². The highest BCUT2D eigenvalue weighted by atomic mass is 32.2. The molecule has 2 N–H and O–H groups in total. The lowest BCUT2D eigenvalue weighted by Crippen LogP contribution is -2.45. The zero-order chi connectivity index (χ0) is 20.5. The summed E-state index contributed by atoms with van der Waals surface area (Å²) < 4.78 is 0. The van der Waals surface area contributed by atoms with Gasteiger partial charge in [-0.2, -0.15) is 5.26 Å². The van der Waals surface area contributed by atoms with E-state index in [1.807, 2.05) is 5.40 Å². The molecule has 0 unspecified atom stereocenters. The van der Waals surface area contributed by atoms with Crippen LogP contribution in [0.4, 0.5) is 16.2 Å². The molecule has 0 bridgehead atoms. The number of imide groups is 1. The molecule has 4 amide bonds. The highest BCUT2D eigenvalue weighted by molar-refractivity contribution is 8.03. The summed E-state index contributed by atoms with van der Waals surface area (Å²) in [6.45, 7) is 5.38. The standard InChI is InChI=1S/C20H18N4O3S/c1-20(2,3)24-17(25)15-9-6-13(10-16(15)18(24)26)23-19(27)22-12-4-7-14(8-5-12)28-11-21/h4-10H,1-3H3,(H2,22,23,27). The first-order chi connectivity index (χ1) is 13.2. The maximum Gasteiger partial charge on any atom is 0.323 e. The lowest BCUT2D eigenvalue weighted by Gasteiger charge is -2.29. The van der Waals surface area contributed by atoms with Gasteiger partial charge in [-0.15, -0.1) is 0 Å². The van der Waals surface area contributed by atoms with Crippen LogP contribution in [-0.4, -0.2) is 28.3 Å². The van der Waals surface area contributed by atoms with Crippen LogP contribution in [0.3, 0.4) is 0 Å². The molecule has 0 atom stereocenters. The molecular weight excluding hydrogens is 376 g/mol. The second-order valence-electron chi connectivity index (χ2n) is 7.17. The van der Waals surface area contributed by atoms with Crippen LogP contribution >= 0.6 is 11.8 Å². The Morgan fingerprint density at radius 2 is 1.54 bits per heavy atom. The number of amides is 4. The van der Waals surface area contributed by atoms with Gasteiger partial charge in [-0.25, -0.2) is 4.79 Å². The zero-order valence-corrected chi connectivity index (χ0v) is 16.4. The zero-order valence-electron chi connectivity index (χ0n) is 15.6. The first-order valence-corrected chi connectivity index (χ1v) is 9.29. The van der Waals surface area contributed by atoms with Crippen LogP contribution < -0.4 is 10.6 Å². The summed E-state index contributed by atoms with van der Waals surface area (Å²) in [6.07, 6.45) is 0. The van der Waals surface area contributed by atoms with Gasteiger partial charge in [0, 0.05) is 21.8 Å². The molecule has 0 radical (unpaired) electrons. The summed E-state index contributed by atoms with van der Waals surface area (Å²) in [7, 11) is 0. The second kappa shape index (κ2) is 7.37. The van der Waals surface area contributed by atoms with E-state index < -0.39 is 11.6 Å². The van der Waals surface area contributed by atoms with Gasteiger partial charge in [-0.1, -0.05) is 0 Å². The number of nitrogens with one attached hydrogen (secondary N) is 2. The van der Waals surface area contributed by atoms with Crippen molar-refractivity contribution in [1.29, 1.82) is 5.26 Å². The monoisotopic (exact) mass is 394 g/mol. The molecule has 1 aliphatic heterocycles. The predicted octanol–water partition coefficient (Wildman–Crippen LogP) is 4.30. The topological polar surface area (TPSA) is 102 Å². The molecule has 0 aromatic heterocycles. The van der Waals surface area contributed by atoms with Gasteiger partial charge in [0.05, 0.1) is 11.1 Å². The molecule has 0 fully saturated rings. The Morgan fingerprint density at radius 1 is 0.964 bits per heavy atom. The Labute approximate surface area is 166 Å². The number of anilines is 2. The number of hydrogen-bond acceptors (Lipinski definition) is 5. The third-order valence-corrected chi connectivity index (χ3v) is 4.69. The van der Waals surface area contributed by atoms with Crippen molar-refractivity contribution in [3.63, 3.8) is 0 Å². The van der Waals surface area contributed by atoms with E-state index in [4.69, 9.17) is 5.26 Å². The SMILES string of the molecule is CC(C)(C)N1C(=O)c2ccc(NC(=O)Nc3ccc(SC#N)cc3)cc2C1=O. The van der Waals surface area contributed by atoms with Crippen molar-refractivity contribution < 1.29 is 14.4 Å². The van der Waals surface area contributed by atoms with Crippen molar-refractivity contribution in [1.82, 2.24) is 4.90 Å². The average molecular weight is 394 g/mol. The summed E-state index contributed by atoms with van der Waals surface area (Å²) in [5, 5.41) is 16.0. The average Bonchev–Trinajstić information content (AvgIpc) is 2.87. The van der Waals surface area contributed by atoms with Gasteiger partial charge < -0.3 is 10.6 Å². The Bertz CT molecular complexity index is 1000. The number of nitriles is 1. The van der Waals surface area contributed by atoms with Gasteiger partial charge in [0.2, 0.25) is 0 Å². The molecule has 0 saturated heterocycles. The van der Waals surface area contributed by atoms with E-state index in [9.17, 15) is 14.4 Å². The first kappa shape index (κ1) is 19.5. The maximum atomic E-state index is 12.6. The molecule has 0 saturated carbocycles. The Morgan fingerprint density at radius 3 is 2.14 bits per heavy atom. The van der Waals surface area contributed by atoms with Gasteiger partial charge in [0.25, 0.3) is 11.8 Å². The molecule has 142 valence electrons. The quantitative estimate of drug-likeness (QED) is 0.459. The second-order valence-corrected chi connectivity index (χ2v) is 8.03. The number of thioether (sulfide) groups is 1. The number of hydrogen-bond donors (Lipinski definition) is 2. The fourth-order valence-corrected chi connectivity index (χ4v) is 3.26. The number of rotatable bonds is 3. The molecule has 0 aliphatic carbocycles. The van der Waals surface area contributed by atoms with E-state index in [-0.39, 0.29) is 17.4 Å². The Balaban J connectivity index is 1.72. The normalized spacial score (nSPS) is 13.1. The molecule has 8 heteroatoms. The predicted molar refractivity (Wildman–Crippen MR) is 107 cm³/mol. The minimum Gasteiger partial charge on any atom is -0.308 e. The summed E-state index contributed by atoms with van der Waals surface area (Å²) in [6, 6.07) is 11.0. The maximum absolute atomic E-state index is 12.6. The Kier molecular flexibility index (Phi) is 5.12. The van der Waals surface area contributed by atoms with Gasteiger partial charge in [0.15, 0.2) is 0 Å². The van der Waals surface area contributed by atoms with E-state index in [1.165, 1.54) is 11.0 Å². The van der Waals surface area contributed by atoms with Crippen LogP contribution in [0.25, 0.3) is 0 Å². The Hall–Kier alpha value is -3.31. The third-order valence-electron chi connectivity index (χ3n) is 4.09. The lowest BCUT2D eigenvalue weighted by molar-refractivity contribution is 0.0507. The van der Waals surface area contributed by atoms with Gasteiger partial charge >= 0.3 is 6.03 Å². The van der Waals surface area contributed by atoms with Crippen molar-refractivity contribution >= 4 is 41.0 Å². The number of nitrogens with zero attached hydrogens (tertiary/aromatic N) is 2. The van der Waals surface area contributed by atoms with E-state index in [2.05, 4.69) is 10.6 Å². The lowest BCUT2D eigenvalue weighted by atomic mass is 10.1. The molecule has 0 spiro atoms. The van der Waals surface area contributed by atoms with E-state index in [0.29, 0.717) is 16.9 Å².